The van der Waals surface area contributed by atoms with Crippen molar-refractivity contribution in [3.05, 3.63) is 74.2 Å². The number of ether oxygens (including phenoxy) is 1. The van der Waals surface area contributed by atoms with E-state index < -0.39 is 11.8 Å². The van der Waals surface area contributed by atoms with E-state index in [4.69, 9.17) is 32.5 Å². The number of aromatic carboxylic acids is 1. The zero-order chi connectivity index (χ0) is 28.4. The molecule has 1 aromatic heterocycles. The van der Waals surface area contributed by atoms with E-state index in [1.165, 1.54) is 12.1 Å². The number of benzene rings is 2. The number of carboxylic acids is 1. The Kier molecular flexibility index (Phi) is 6.71. The number of fused-ring (bicyclic) bond motifs is 3. The average molecular weight is 600 g/mol. The van der Waals surface area contributed by atoms with Crippen molar-refractivity contribution in [3.8, 4) is 11.3 Å². The van der Waals surface area contributed by atoms with E-state index in [1.54, 1.807) is 12.1 Å². The minimum Gasteiger partial charge on any atom is -0.478 e. The molecule has 3 aliphatic heterocycles. The lowest BCUT2D eigenvalue weighted by Crippen LogP contribution is -2.52. The molecule has 3 aromatic rings. The summed E-state index contributed by atoms with van der Waals surface area (Å²) in [5.41, 5.74) is 3.83. The number of piperidine rings is 1. The highest BCUT2D eigenvalue weighted by atomic mass is 35.5. The van der Waals surface area contributed by atoms with Crippen LogP contribution in [0.25, 0.3) is 11.3 Å². The molecule has 2 amide bonds. The quantitative estimate of drug-likeness (QED) is 0.327. The Balaban J connectivity index is 1.04. The molecule has 2 bridgehead atoms. The molecule has 4 heterocycles. The lowest BCUT2D eigenvalue weighted by Gasteiger charge is -2.40. The topological polar surface area (TPSA) is 96.1 Å². The summed E-state index contributed by atoms with van der Waals surface area (Å²) in [4.78, 5) is 28.8. The van der Waals surface area contributed by atoms with E-state index >= 15 is 0 Å². The number of carbonyl (C=O) groups excluding carboxylic acids is 1. The molecule has 1 aliphatic carbocycles. The fourth-order valence-corrected chi connectivity index (χ4v) is 7.33. The van der Waals surface area contributed by atoms with Crippen molar-refractivity contribution in [2.75, 3.05) is 0 Å². The van der Waals surface area contributed by atoms with Gasteiger partial charge in [0.15, 0.2) is 0 Å². The summed E-state index contributed by atoms with van der Waals surface area (Å²) in [6.07, 6.45) is 5.27. The van der Waals surface area contributed by atoms with Gasteiger partial charge in [-0.1, -0.05) is 34.4 Å². The van der Waals surface area contributed by atoms with Crippen LogP contribution < -0.4 is 0 Å². The normalized spacial score (nSPS) is 23.2. The van der Waals surface area contributed by atoms with Crippen LogP contribution in [0.5, 0.6) is 0 Å². The van der Waals surface area contributed by atoms with E-state index in [-0.39, 0.29) is 52.4 Å². The highest BCUT2D eigenvalue weighted by Crippen LogP contribution is 2.47. The van der Waals surface area contributed by atoms with Gasteiger partial charge in [0, 0.05) is 42.2 Å². The Morgan fingerprint density at radius 1 is 1.02 bits per heavy atom. The van der Waals surface area contributed by atoms with Crippen LogP contribution in [0, 0.1) is 5.82 Å². The average Bonchev–Trinajstić information content (AvgIpc) is 3.45. The van der Waals surface area contributed by atoms with Gasteiger partial charge in [-0.05, 0) is 73.9 Å². The highest BCUT2D eigenvalue weighted by molar-refractivity contribution is 6.39. The zero-order valence-electron chi connectivity index (χ0n) is 22.1. The SMILES string of the molecule is O=C(O)c1ccc2c(c1)CN(C(=O)N1[C@@H]3CC[C@H]1CC(OCc1c(-c4c(Cl)cc(F)cc4Cl)noc1C1CC1)C3)C2. The van der Waals surface area contributed by atoms with E-state index in [0.717, 1.165) is 61.0 Å². The van der Waals surface area contributed by atoms with Crippen LogP contribution in [0.15, 0.2) is 34.9 Å². The van der Waals surface area contributed by atoms with Crippen molar-refractivity contribution in [2.24, 2.45) is 0 Å². The van der Waals surface area contributed by atoms with Crippen molar-refractivity contribution < 1.29 is 28.3 Å². The van der Waals surface area contributed by atoms with Gasteiger partial charge < -0.3 is 24.2 Å². The number of carboxylic acid groups (broad SMARTS) is 1. The standard InChI is InChI=1S/C30H28Cl2FN3O5/c31-24-8-19(33)9-25(32)26(24)27-23(28(41-34-27)15-1-2-15)14-40-22-10-20-5-6-21(11-22)36(20)30(39)35-12-17-4-3-16(29(37)38)7-18(17)13-35/h3-4,7-9,15,20-22H,1-2,5-6,10-14H2,(H,37,38)/t20-,21+,22?. The Hall–Kier alpha value is -3.14. The first-order chi connectivity index (χ1) is 19.8. The summed E-state index contributed by atoms with van der Waals surface area (Å²) in [5.74, 6) is -0.442. The summed E-state index contributed by atoms with van der Waals surface area (Å²) < 4.78 is 26.0. The lowest BCUT2D eigenvalue weighted by atomic mass is 9.99. The molecule has 8 nitrogen and oxygen atoms in total. The van der Waals surface area contributed by atoms with Gasteiger partial charge in [0.1, 0.15) is 17.3 Å². The Labute approximate surface area is 245 Å². The Morgan fingerprint density at radius 3 is 2.37 bits per heavy atom. The van der Waals surface area contributed by atoms with Crippen molar-refractivity contribution in [1.82, 2.24) is 15.0 Å². The molecule has 2 aromatic carbocycles. The first-order valence-corrected chi connectivity index (χ1v) is 14.7. The molecular formula is C30H28Cl2FN3O5. The number of nitrogens with zero attached hydrogens (tertiary/aromatic N) is 3. The molecule has 1 unspecified atom stereocenters. The molecular weight excluding hydrogens is 572 g/mol. The molecule has 214 valence electrons. The fraction of sp³-hybridized carbons (Fsp3) is 0.433. The number of aromatic nitrogens is 1. The van der Waals surface area contributed by atoms with Gasteiger partial charge in [0.25, 0.3) is 0 Å². The van der Waals surface area contributed by atoms with Crippen LogP contribution in [0.3, 0.4) is 0 Å². The molecule has 7 rings (SSSR count). The smallest absolute Gasteiger partial charge is 0.335 e. The highest BCUT2D eigenvalue weighted by Gasteiger charge is 2.46. The van der Waals surface area contributed by atoms with Gasteiger partial charge in [0.05, 0.1) is 28.3 Å². The molecule has 4 aliphatic rings. The van der Waals surface area contributed by atoms with Crippen LogP contribution in [-0.2, 0) is 24.4 Å². The van der Waals surface area contributed by atoms with Crippen LogP contribution >= 0.6 is 23.2 Å². The first-order valence-electron chi connectivity index (χ1n) is 13.9. The Bertz CT molecular complexity index is 1520. The Morgan fingerprint density at radius 2 is 1.71 bits per heavy atom. The van der Waals surface area contributed by atoms with Gasteiger partial charge in [-0.15, -0.1) is 0 Å². The van der Waals surface area contributed by atoms with Crippen molar-refractivity contribution >= 4 is 35.2 Å². The molecule has 2 saturated heterocycles. The van der Waals surface area contributed by atoms with Gasteiger partial charge >= 0.3 is 12.0 Å². The van der Waals surface area contributed by atoms with Crippen molar-refractivity contribution in [3.63, 3.8) is 0 Å². The predicted octanol–water partition coefficient (Wildman–Crippen LogP) is 7.01. The largest absolute Gasteiger partial charge is 0.478 e. The summed E-state index contributed by atoms with van der Waals surface area (Å²) in [7, 11) is 0. The molecule has 11 heteroatoms. The third-order valence-corrected chi connectivity index (χ3v) is 9.43. The molecule has 3 fully saturated rings. The van der Waals surface area contributed by atoms with E-state index in [9.17, 15) is 19.1 Å². The van der Waals surface area contributed by atoms with Crippen LogP contribution in [0.1, 0.15) is 77.3 Å². The van der Waals surface area contributed by atoms with Gasteiger partial charge in [0.2, 0.25) is 0 Å². The number of amides is 2. The third-order valence-electron chi connectivity index (χ3n) is 8.83. The van der Waals surface area contributed by atoms with Crippen molar-refractivity contribution in [2.45, 2.75) is 82.3 Å². The zero-order valence-corrected chi connectivity index (χ0v) is 23.6. The molecule has 1 saturated carbocycles. The lowest BCUT2D eigenvalue weighted by molar-refractivity contribution is -0.0210. The van der Waals surface area contributed by atoms with Crippen LogP contribution in [0.4, 0.5) is 9.18 Å². The number of urea groups is 1. The molecule has 0 spiro atoms. The van der Waals surface area contributed by atoms with E-state index in [1.807, 2.05) is 15.9 Å². The summed E-state index contributed by atoms with van der Waals surface area (Å²) >= 11 is 12.8. The second-order valence-electron chi connectivity index (χ2n) is 11.5. The predicted molar refractivity (Wildman–Crippen MR) is 148 cm³/mol. The number of rotatable bonds is 6. The van der Waals surface area contributed by atoms with Gasteiger partial charge in [-0.2, -0.15) is 0 Å². The molecule has 1 N–H and O–H groups in total. The first kappa shape index (κ1) is 26.7. The third kappa shape index (κ3) is 4.87. The maximum atomic E-state index is 13.8. The number of halogens is 3. The fourth-order valence-electron chi connectivity index (χ4n) is 6.70. The number of hydrogen-bond acceptors (Lipinski definition) is 5. The van der Waals surface area contributed by atoms with Crippen LogP contribution in [-0.4, -0.2) is 50.3 Å². The minimum atomic E-state index is -0.968. The summed E-state index contributed by atoms with van der Waals surface area (Å²) in [5, 5.41) is 13.9. The number of hydrogen-bond donors (Lipinski definition) is 1. The molecule has 41 heavy (non-hydrogen) atoms. The minimum absolute atomic E-state index is 0.00181. The molecule has 3 atom stereocenters. The second-order valence-corrected chi connectivity index (χ2v) is 12.3. The monoisotopic (exact) mass is 599 g/mol. The van der Waals surface area contributed by atoms with E-state index in [0.29, 0.717) is 24.3 Å². The molecule has 0 radical (unpaired) electrons. The number of carbonyl (C=O) groups is 2. The van der Waals surface area contributed by atoms with Crippen LogP contribution in [0.2, 0.25) is 10.0 Å². The maximum absolute atomic E-state index is 13.8. The van der Waals surface area contributed by atoms with Gasteiger partial charge in [-0.3, -0.25) is 0 Å². The summed E-state index contributed by atoms with van der Waals surface area (Å²) in [6, 6.07) is 7.66. The van der Waals surface area contributed by atoms with Crippen molar-refractivity contribution in [1.29, 1.82) is 0 Å². The second kappa shape index (κ2) is 10.3. The summed E-state index contributed by atoms with van der Waals surface area (Å²) in [6.45, 7) is 1.17. The maximum Gasteiger partial charge on any atom is 0.335 e. The van der Waals surface area contributed by atoms with E-state index in [2.05, 4.69) is 5.16 Å². The van der Waals surface area contributed by atoms with Gasteiger partial charge in [-0.25, -0.2) is 14.0 Å².